The monoisotopic (exact) mass is 542 g/mol. The number of hydrogen-bond donors (Lipinski definition) is 2. The SMILES string of the molecule is CCCCc1nc2cccn(Cc3ccc(Nc4nc5cc(C(F)(F)F)cc(Br)c5[nH]4)cc3)c-2n1. The molecule has 0 aliphatic carbocycles. The van der Waals surface area contributed by atoms with E-state index in [0.717, 1.165) is 60.0 Å². The van der Waals surface area contributed by atoms with Crippen LogP contribution >= 0.6 is 15.9 Å². The van der Waals surface area contributed by atoms with Crippen molar-refractivity contribution < 1.29 is 13.2 Å². The van der Waals surface area contributed by atoms with Gasteiger partial charge < -0.3 is 14.9 Å². The fraction of sp³-hybridized carbons (Fsp3) is 0.240. The predicted octanol–water partition coefficient (Wildman–Crippen LogP) is 7.18. The molecular weight excluding hydrogens is 521 g/mol. The van der Waals surface area contributed by atoms with Gasteiger partial charge in [0.25, 0.3) is 0 Å². The van der Waals surface area contributed by atoms with Gasteiger partial charge in [-0.15, -0.1) is 0 Å². The van der Waals surface area contributed by atoms with Crippen LogP contribution in [0.25, 0.3) is 22.6 Å². The normalized spacial score (nSPS) is 12.0. The lowest BCUT2D eigenvalue weighted by Gasteiger charge is -2.11. The van der Waals surface area contributed by atoms with E-state index in [9.17, 15) is 13.2 Å². The number of fused-ring (bicyclic) bond motifs is 2. The molecule has 3 aromatic rings. The smallest absolute Gasteiger partial charge is 0.327 e. The number of benzene rings is 2. The van der Waals surface area contributed by atoms with E-state index in [1.807, 2.05) is 42.6 Å². The van der Waals surface area contributed by atoms with E-state index in [1.54, 1.807) is 0 Å². The summed E-state index contributed by atoms with van der Waals surface area (Å²) in [6, 6.07) is 13.8. The van der Waals surface area contributed by atoms with Gasteiger partial charge >= 0.3 is 6.18 Å². The quantitative estimate of drug-likeness (QED) is 0.228. The molecule has 0 saturated carbocycles. The van der Waals surface area contributed by atoms with Gasteiger partial charge in [0.15, 0.2) is 5.82 Å². The Morgan fingerprint density at radius 2 is 1.86 bits per heavy atom. The Labute approximate surface area is 208 Å². The van der Waals surface area contributed by atoms with Gasteiger partial charge in [-0.3, -0.25) is 0 Å². The van der Waals surface area contributed by atoms with Gasteiger partial charge in [0, 0.05) is 29.3 Å². The number of rotatable bonds is 7. The summed E-state index contributed by atoms with van der Waals surface area (Å²) in [6.45, 7) is 2.79. The molecular formula is C25H22BrF3N6. The number of aryl methyl sites for hydroxylation is 1. The minimum Gasteiger partial charge on any atom is -0.327 e. The van der Waals surface area contributed by atoms with Crippen molar-refractivity contribution in [1.29, 1.82) is 0 Å². The molecule has 2 aliphatic rings. The first-order valence-electron chi connectivity index (χ1n) is 11.2. The number of pyridine rings is 1. The Bertz CT molecular complexity index is 1440. The fourth-order valence-electron chi connectivity index (χ4n) is 3.92. The molecule has 2 aromatic carbocycles. The molecule has 6 nitrogen and oxygen atoms in total. The van der Waals surface area contributed by atoms with Crippen LogP contribution in [0.4, 0.5) is 24.8 Å². The number of H-pyrrole nitrogens is 1. The van der Waals surface area contributed by atoms with Crippen LogP contribution in [0.3, 0.4) is 0 Å². The van der Waals surface area contributed by atoms with E-state index in [2.05, 4.69) is 47.7 Å². The van der Waals surface area contributed by atoms with Crippen LogP contribution in [0.1, 0.15) is 36.7 Å². The zero-order valence-corrected chi connectivity index (χ0v) is 20.4. The van der Waals surface area contributed by atoms with Crippen molar-refractivity contribution in [3.8, 4) is 11.5 Å². The standard InChI is InChI=1S/C25H22BrF3N6/c1-2-3-6-21-31-19-5-4-11-35(23(19)33-21)14-15-7-9-17(10-8-15)30-24-32-20-13-16(25(27,28)29)12-18(26)22(20)34-24/h4-5,7-13H,2-3,6,14H2,1H3,(H2,30,32,34). The maximum atomic E-state index is 13.1. The molecule has 2 N–H and O–H groups in total. The minimum atomic E-state index is -4.44. The second kappa shape index (κ2) is 9.33. The molecule has 180 valence electrons. The van der Waals surface area contributed by atoms with Crippen molar-refractivity contribution in [2.75, 3.05) is 5.32 Å². The largest absolute Gasteiger partial charge is 0.416 e. The van der Waals surface area contributed by atoms with Gasteiger partial charge in [-0.25, -0.2) is 15.0 Å². The van der Waals surface area contributed by atoms with Crippen LogP contribution in [-0.4, -0.2) is 24.5 Å². The highest BCUT2D eigenvalue weighted by Gasteiger charge is 2.31. The Hall–Kier alpha value is -3.40. The average Bonchev–Trinajstić information content (AvgIpc) is 3.43. The fourth-order valence-corrected chi connectivity index (χ4v) is 4.47. The Morgan fingerprint density at radius 3 is 2.60 bits per heavy atom. The van der Waals surface area contributed by atoms with Crippen molar-refractivity contribution in [1.82, 2.24) is 24.5 Å². The van der Waals surface area contributed by atoms with Gasteiger partial charge in [0.05, 0.1) is 16.6 Å². The molecule has 0 atom stereocenters. The molecule has 0 fully saturated rings. The zero-order valence-electron chi connectivity index (χ0n) is 18.8. The first-order valence-corrected chi connectivity index (χ1v) is 12.0. The predicted molar refractivity (Wildman–Crippen MR) is 133 cm³/mol. The highest BCUT2D eigenvalue weighted by molar-refractivity contribution is 9.10. The van der Waals surface area contributed by atoms with Crippen LogP contribution in [0, 0.1) is 0 Å². The van der Waals surface area contributed by atoms with Gasteiger partial charge in [-0.05, 0) is 64.3 Å². The lowest BCUT2D eigenvalue weighted by atomic mass is 10.2. The Balaban J connectivity index is 1.32. The van der Waals surface area contributed by atoms with Crippen LogP contribution in [0.5, 0.6) is 0 Å². The summed E-state index contributed by atoms with van der Waals surface area (Å²) in [5.74, 6) is 2.10. The third-order valence-electron chi connectivity index (χ3n) is 5.70. The Kier molecular flexibility index (Phi) is 6.22. The average molecular weight is 543 g/mol. The number of alkyl halides is 3. The molecule has 0 amide bonds. The van der Waals surface area contributed by atoms with Crippen molar-refractivity contribution >= 4 is 38.6 Å². The van der Waals surface area contributed by atoms with Gasteiger partial charge in [0.1, 0.15) is 11.5 Å². The lowest BCUT2D eigenvalue weighted by molar-refractivity contribution is -0.137. The van der Waals surface area contributed by atoms with Gasteiger partial charge in [0.2, 0.25) is 5.95 Å². The van der Waals surface area contributed by atoms with E-state index in [1.165, 1.54) is 0 Å². The summed E-state index contributed by atoms with van der Waals surface area (Å²) in [4.78, 5) is 16.7. The van der Waals surface area contributed by atoms with Crippen molar-refractivity contribution in [3.05, 3.63) is 76.2 Å². The molecule has 5 rings (SSSR count). The lowest BCUT2D eigenvalue weighted by Crippen LogP contribution is -2.04. The Morgan fingerprint density at radius 1 is 1.06 bits per heavy atom. The number of halogens is 4. The molecule has 10 heteroatoms. The van der Waals surface area contributed by atoms with Crippen LogP contribution in [-0.2, 0) is 19.1 Å². The number of unbranched alkanes of at least 4 members (excludes halogenated alkanes) is 1. The molecule has 1 aromatic heterocycles. The second-order valence-electron chi connectivity index (χ2n) is 8.35. The number of imidazole rings is 2. The maximum absolute atomic E-state index is 13.1. The number of nitrogens with zero attached hydrogens (tertiary/aromatic N) is 4. The first-order chi connectivity index (χ1) is 16.8. The van der Waals surface area contributed by atoms with Crippen molar-refractivity contribution in [2.45, 2.75) is 38.9 Å². The van der Waals surface area contributed by atoms with E-state index in [4.69, 9.17) is 4.98 Å². The molecule has 0 bridgehead atoms. The molecule has 0 unspecified atom stereocenters. The van der Waals surface area contributed by atoms with Crippen molar-refractivity contribution in [3.63, 3.8) is 0 Å². The summed E-state index contributed by atoms with van der Waals surface area (Å²) in [7, 11) is 0. The molecule has 35 heavy (non-hydrogen) atoms. The van der Waals surface area contributed by atoms with E-state index in [-0.39, 0.29) is 5.52 Å². The summed E-state index contributed by atoms with van der Waals surface area (Å²) in [5, 5.41) is 3.12. The van der Waals surface area contributed by atoms with Crippen LogP contribution < -0.4 is 5.32 Å². The number of hydrogen-bond acceptors (Lipinski definition) is 4. The molecule has 2 aliphatic heterocycles. The van der Waals surface area contributed by atoms with E-state index in [0.29, 0.717) is 22.5 Å². The minimum absolute atomic E-state index is 0.226. The first kappa shape index (κ1) is 23.3. The number of aromatic amines is 1. The third kappa shape index (κ3) is 5.02. The molecule has 0 spiro atoms. The topological polar surface area (TPSA) is 71.4 Å². The van der Waals surface area contributed by atoms with Crippen molar-refractivity contribution in [2.24, 2.45) is 0 Å². The summed E-state index contributed by atoms with van der Waals surface area (Å²) in [5.41, 5.74) is 2.70. The molecule has 0 radical (unpaired) electrons. The third-order valence-corrected chi connectivity index (χ3v) is 6.33. The van der Waals surface area contributed by atoms with E-state index < -0.39 is 11.7 Å². The highest BCUT2D eigenvalue weighted by Crippen LogP contribution is 2.35. The summed E-state index contributed by atoms with van der Waals surface area (Å²) < 4.78 is 41.7. The van der Waals surface area contributed by atoms with Gasteiger partial charge in [-0.1, -0.05) is 25.5 Å². The molecule has 0 saturated heterocycles. The number of anilines is 2. The summed E-state index contributed by atoms with van der Waals surface area (Å²) in [6.07, 6.45) is 0.601. The second-order valence-corrected chi connectivity index (χ2v) is 9.20. The summed E-state index contributed by atoms with van der Waals surface area (Å²) >= 11 is 3.20. The highest BCUT2D eigenvalue weighted by atomic mass is 79.9. The van der Waals surface area contributed by atoms with Crippen LogP contribution in [0.15, 0.2) is 59.2 Å². The molecule has 3 heterocycles. The zero-order chi connectivity index (χ0) is 24.6. The van der Waals surface area contributed by atoms with E-state index >= 15 is 0 Å². The maximum Gasteiger partial charge on any atom is 0.416 e. The number of nitrogens with one attached hydrogen (secondary N) is 2. The van der Waals surface area contributed by atoms with Crippen LogP contribution in [0.2, 0.25) is 0 Å². The number of aromatic nitrogens is 5. The van der Waals surface area contributed by atoms with Gasteiger partial charge in [-0.2, -0.15) is 13.2 Å².